The predicted octanol–water partition coefficient (Wildman–Crippen LogP) is 3.30. The van der Waals surface area contributed by atoms with Crippen LogP contribution in [0.4, 0.5) is 4.79 Å². The molecule has 2 amide bonds. The van der Waals surface area contributed by atoms with Crippen molar-refractivity contribution in [2.24, 2.45) is 0 Å². The zero-order valence-electron chi connectivity index (χ0n) is 16.1. The average molecular weight is 394 g/mol. The second kappa shape index (κ2) is 11.4. The van der Waals surface area contributed by atoms with Crippen LogP contribution in [0.3, 0.4) is 0 Å². The van der Waals surface area contributed by atoms with Gasteiger partial charge in [-0.15, -0.1) is 11.3 Å². The molecule has 1 aromatic carbocycles. The van der Waals surface area contributed by atoms with Crippen LogP contribution >= 0.6 is 11.3 Å². The average Bonchev–Trinajstić information content (AvgIpc) is 3.14. The molecule has 1 aromatic heterocycles. The minimum Gasteiger partial charge on any atom is -0.497 e. The zero-order valence-corrected chi connectivity index (χ0v) is 16.9. The molecule has 0 aliphatic heterocycles. The third kappa shape index (κ3) is 7.07. The smallest absolute Gasteiger partial charge is 0.317 e. The Balaban J connectivity index is 1.90. The molecule has 0 aliphatic rings. The Bertz CT molecular complexity index is 691. The summed E-state index contributed by atoms with van der Waals surface area (Å²) in [5.74, 6) is 1.55. The number of carbonyl (C=O) groups excluding carboxylic acids is 1. The van der Waals surface area contributed by atoms with E-state index in [0.717, 1.165) is 28.6 Å². The Morgan fingerprint density at radius 1 is 1.22 bits per heavy atom. The molecule has 0 bridgehead atoms. The van der Waals surface area contributed by atoms with Crippen LogP contribution in [-0.4, -0.2) is 49.8 Å². The Kier molecular flexibility index (Phi) is 8.86. The molecule has 0 spiro atoms. The third-order valence-corrected chi connectivity index (χ3v) is 4.64. The van der Waals surface area contributed by atoms with Crippen LogP contribution in [0.25, 0.3) is 0 Å². The normalized spacial score (nSPS) is 10.5. The first-order valence-electron chi connectivity index (χ1n) is 8.88. The van der Waals surface area contributed by atoms with Crippen LogP contribution in [0, 0.1) is 0 Å². The van der Waals surface area contributed by atoms with Crippen molar-refractivity contribution in [3.05, 3.63) is 40.3 Å². The first-order valence-corrected chi connectivity index (χ1v) is 9.76. The van der Waals surface area contributed by atoms with Crippen LogP contribution < -0.4 is 14.8 Å². The maximum atomic E-state index is 12.2. The summed E-state index contributed by atoms with van der Waals surface area (Å²) in [7, 11) is 3.29. The summed E-state index contributed by atoms with van der Waals surface area (Å²) in [5.41, 5.74) is 0.858. The molecule has 0 saturated heterocycles. The number of hydrogen-bond donors (Lipinski definition) is 1. The highest BCUT2D eigenvalue weighted by atomic mass is 32.1. The van der Waals surface area contributed by atoms with Crippen molar-refractivity contribution in [2.45, 2.75) is 26.5 Å². The summed E-state index contributed by atoms with van der Waals surface area (Å²) < 4.78 is 16.0. The molecule has 7 nitrogen and oxygen atoms in total. The van der Waals surface area contributed by atoms with Crippen LogP contribution in [-0.2, 0) is 17.9 Å². The van der Waals surface area contributed by atoms with E-state index in [1.807, 2.05) is 36.6 Å². The Morgan fingerprint density at radius 3 is 2.63 bits per heavy atom. The molecule has 148 valence electrons. The molecule has 0 radical (unpaired) electrons. The van der Waals surface area contributed by atoms with Crippen LogP contribution in [0.2, 0.25) is 0 Å². The number of rotatable bonds is 11. The lowest BCUT2D eigenvalue weighted by molar-refractivity contribution is 0.166. The number of aromatic nitrogens is 1. The van der Waals surface area contributed by atoms with E-state index in [4.69, 9.17) is 14.2 Å². The Morgan fingerprint density at radius 2 is 1.96 bits per heavy atom. The van der Waals surface area contributed by atoms with Crippen molar-refractivity contribution in [3.63, 3.8) is 0 Å². The van der Waals surface area contributed by atoms with Gasteiger partial charge in [-0.1, -0.05) is 0 Å². The zero-order chi connectivity index (χ0) is 19.5. The maximum Gasteiger partial charge on any atom is 0.317 e. The maximum absolute atomic E-state index is 12.2. The number of nitrogens with zero attached hydrogens (tertiary/aromatic N) is 2. The van der Waals surface area contributed by atoms with Gasteiger partial charge >= 0.3 is 6.03 Å². The van der Waals surface area contributed by atoms with Gasteiger partial charge in [-0.05, 0) is 37.6 Å². The minimum absolute atomic E-state index is 0.0855. The van der Waals surface area contributed by atoms with Gasteiger partial charge in [-0.2, -0.15) is 0 Å². The van der Waals surface area contributed by atoms with Gasteiger partial charge < -0.3 is 24.4 Å². The van der Waals surface area contributed by atoms with Crippen LogP contribution in [0.5, 0.6) is 11.5 Å². The summed E-state index contributed by atoms with van der Waals surface area (Å²) in [5, 5.41) is 5.68. The molecule has 0 aliphatic carbocycles. The van der Waals surface area contributed by atoms with E-state index in [9.17, 15) is 4.79 Å². The highest BCUT2D eigenvalue weighted by molar-refractivity contribution is 7.09. The fourth-order valence-electron chi connectivity index (χ4n) is 2.42. The number of nitrogens with one attached hydrogen (secondary N) is 1. The van der Waals surface area contributed by atoms with Crippen molar-refractivity contribution in [1.29, 1.82) is 0 Å². The summed E-state index contributed by atoms with van der Waals surface area (Å²) in [6.07, 6.45) is 0.783. The van der Waals surface area contributed by atoms with E-state index < -0.39 is 0 Å². The number of carbonyl (C=O) groups is 1. The molecular formula is C19H27N3O4S. The highest BCUT2D eigenvalue weighted by Gasteiger charge is 2.15. The van der Waals surface area contributed by atoms with Crippen molar-refractivity contribution < 1.29 is 19.0 Å². The number of hydrogen-bond acceptors (Lipinski definition) is 6. The molecule has 0 saturated carbocycles. The molecule has 0 unspecified atom stereocenters. The topological polar surface area (TPSA) is 72.9 Å². The van der Waals surface area contributed by atoms with Crippen molar-refractivity contribution in [2.75, 3.05) is 33.9 Å². The summed E-state index contributed by atoms with van der Waals surface area (Å²) >= 11 is 1.53. The molecule has 0 fully saturated rings. The van der Waals surface area contributed by atoms with Crippen LogP contribution in [0.15, 0.2) is 29.6 Å². The Hall–Kier alpha value is -2.32. The lowest BCUT2D eigenvalue weighted by Crippen LogP contribution is -2.40. The van der Waals surface area contributed by atoms with Gasteiger partial charge in [0.15, 0.2) is 0 Å². The fraction of sp³-hybridized carbons (Fsp3) is 0.474. The highest BCUT2D eigenvalue weighted by Crippen LogP contribution is 2.19. The number of thiazole rings is 1. The lowest BCUT2D eigenvalue weighted by atomic mass is 10.3. The second-order valence-corrected chi connectivity index (χ2v) is 6.74. The SMILES string of the molecule is CCNC(=O)N(CCCOC)Cc1csc(COc2ccc(OC)cc2)n1. The monoisotopic (exact) mass is 393 g/mol. The van der Waals surface area contributed by atoms with Crippen LogP contribution in [0.1, 0.15) is 24.0 Å². The molecule has 8 heteroatoms. The second-order valence-electron chi connectivity index (χ2n) is 5.80. The number of amides is 2. The Labute approximate surface area is 164 Å². The predicted molar refractivity (Wildman–Crippen MR) is 105 cm³/mol. The number of methoxy groups -OCH3 is 2. The number of ether oxygens (including phenoxy) is 3. The van der Waals surface area contributed by atoms with Crippen molar-refractivity contribution in [1.82, 2.24) is 15.2 Å². The minimum atomic E-state index is -0.0855. The molecule has 0 atom stereocenters. The van der Waals surface area contributed by atoms with Gasteiger partial charge in [0.1, 0.15) is 23.1 Å². The van der Waals surface area contributed by atoms with Crippen molar-refractivity contribution >= 4 is 17.4 Å². The largest absolute Gasteiger partial charge is 0.497 e. The summed E-state index contributed by atoms with van der Waals surface area (Å²) in [6, 6.07) is 7.34. The quantitative estimate of drug-likeness (QED) is 0.593. The first kappa shape index (κ1) is 21.0. The standard InChI is InChI=1S/C19H27N3O4S/c1-4-20-19(23)22(10-5-11-24-2)12-15-14-27-18(21-15)13-26-17-8-6-16(25-3)7-9-17/h6-9,14H,4-5,10-13H2,1-3H3,(H,20,23). The number of benzene rings is 1. The third-order valence-electron chi connectivity index (χ3n) is 3.77. The van der Waals surface area contributed by atoms with Gasteiger partial charge in [0.05, 0.1) is 19.3 Å². The van der Waals surface area contributed by atoms with E-state index in [2.05, 4.69) is 10.3 Å². The lowest BCUT2D eigenvalue weighted by Gasteiger charge is -2.21. The molecular weight excluding hydrogens is 366 g/mol. The van der Waals surface area contributed by atoms with Gasteiger partial charge in [0, 0.05) is 32.2 Å². The van der Waals surface area contributed by atoms with E-state index in [1.54, 1.807) is 19.1 Å². The van der Waals surface area contributed by atoms with Gasteiger partial charge in [-0.25, -0.2) is 9.78 Å². The first-order chi connectivity index (χ1) is 13.2. The summed E-state index contributed by atoms with van der Waals surface area (Å²) in [6.45, 7) is 4.60. The van der Waals surface area contributed by atoms with E-state index in [1.165, 1.54) is 11.3 Å². The molecule has 1 N–H and O–H groups in total. The van der Waals surface area contributed by atoms with E-state index >= 15 is 0 Å². The van der Waals surface area contributed by atoms with Crippen molar-refractivity contribution in [3.8, 4) is 11.5 Å². The van der Waals surface area contributed by atoms with E-state index in [0.29, 0.717) is 32.8 Å². The summed E-state index contributed by atoms with van der Waals surface area (Å²) in [4.78, 5) is 18.6. The molecule has 2 rings (SSSR count). The van der Waals surface area contributed by atoms with Gasteiger partial charge in [-0.3, -0.25) is 0 Å². The fourth-order valence-corrected chi connectivity index (χ4v) is 3.11. The molecule has 1 heterocycles. The molecule has 2 aromatic rings. The van der Waals surface area contributed by atoms with E-state index in [-0.39, 0.29) is 6.03 Å². The number of urea groups is 1. The van der Waals surface area contributed by atoms with Gasteiger partial charge in [0.2, 0.25) is 0 Å². The molecule has 27 heavy (non-hydrogen) atoms. The van der Waals surface area contributed by atoms with Gasteiger partial charge in [0.25, 0.3) is 0 Å².